The molecule has 0 aromatic rings. The van der Waals surface area contributed by atoms with Gasteiger partial charge in [0.2, 0.25) is 0 Å². The summed E-state index contributed by atoms with van der Waals surface area (Å²) in [5.41, 5.74) is 1.22. The summed E-state index contributed by atoms with van der Waals surface area (Å²) < 4.78 is 4.63. The Morgan fingerprint density at radius 2 is 2.05 bits per heavy atom. The molecule has 21 heavy (non-hydrogen) atoms. The number of methoxy groups -OCH3 is 1. The van der Waals surface area contributed by atoms with Crippen LogP contribution in [0.4, 0.5) is 0 Å². The van der Waals surface area contributed by atoms with Gasteiger partial charge in [0.15, 0.2) is 0 Å². The molecule has 3 nitrogen and oxygen atoms in total. The fraction of sp³-hybridized carbons (Fsp3) is 0.667. The molecule has 116 valence electrons. The lowest BCUT2D eigenvalue weighted by Gasteiger charge is -2.55. The van der Waals surface area contributed by atoms with E-state index in [9.17, 15) is 9.59 Å². The van der Waals surface area contributed by atoms with Crippen LogP contribution in [-0.2, 0) is 14.3 Å². The summed E-state index contributed by atoms with van der Waals surface area (Å²) in [5.74, 6) is 0.0118. The predicted octanol–water partition coefficient (Wildman–Crippen LogP) is 3.69. The predicted molar refractivity (Wildman–Crippen MR) is 82.6 cm³/mol. The van der Waals surface area contributed by atoms with E-state index in [1.54, 1.807) is 6.08 Å². The van der Waals surface area contributed by atoms with Gasteiger partial charge in [0, 0.05) is 12.0 Å². The molecule has 3 atom stereocenters. The Kier molecular flexibility index (Phi) is 4.40. The van der Waals surface area contributed by atoms with Crippen molar-refractivity contribution in [2.24, 2.45) is 22.7 Å². The van der Waals surface area contributed by atoms with Gasteiger partial charge in [-0.3, -0.25) is 0 Å². The molecule has 0 spiro atoms. The Morgan fingerprint density at radius 1 is 1.33 bits per heavy atom. The van der Waals surface area contributed by atoms with Gasteiger partial charge in [-0.1, -0.05) is 39.3 Å². The highest BCUT2D eigenvalue weighted by molar-refractivity contribution is 5.82. The first-order chi connectivity index (χ1) is 9.85. The zero-order valence-electron chi connectivity index (χ0n) is 13.5. The Labute approximate surface area is 127 Å². The van der Waals surface area contributed by atoms with Crippen molar-refractivity contribution in [2.75, 3.05) is 7.11 Å². The van der Waals surface area contributed by atoms with Crippen LogP contribution in [0.3, 0.4) is 0 Å². The van der Waals surface area contributed by atoms with E-state index in [0.717, 1.165) is 24.7 Å². The Hall–Kier alpha value is -1.38. The molecule has 3 heteroatoms. The van der Waals surface area contributed by atoms with Crippen LogP contribution in [0.15, 0.2) is 23.8 Å². The van der Waals surface area contributed by atoms with Gasteiger partial charge in [0.05, 0.1) is 7.11 Å². The average Bonchev–Trinajstić information content (AvgIpc) is 2.43. The highest BCUT2D eigenvalue weighted by Crippen LogP contribution is 2.59. The van der Waals surface area contributed by atoms with Gasteiger partial charge in [-0.25, -0.2) is 4.79 Å². The molecule has 1 unspecified atom stereocenters. The van der Waals surface area contributed by atoms with Crippen molar-refractivity contribution in [1.82, 2.24) is 0 Å². The van der Waals surface area contributed by atoms with Gasteiger partial charge in [0.1, 0.15) is 6.29 Å². The SMILES string of the molecule is COC(=O)/C=C/C1=CCC2C(C)(C)CCC[C@]2(C)[C@@H]1C=O. The molecule has 1 saturated carbocycles. The number of rotatable bonds is 3. The number of hydrogen-bond acceptors (Lipinski definition) is 3. The highest BCUT2D eigenvalue weighted by Gasteiger charge is 2.52. The quantitative estimate of drug-likeness (QED) is 0.452. The molecular formula is C18H26O3. The molecule has 0 aromatic heterocycles. The van der Waals surface area contributed by atoms with Crippen molar-refractivity contribution in [3.63, 3.8) is 0 Å². The van der Waals surface area contributed by atoms with Crippen molar-refractivity contribution in [3.8, 4) is 0 Å². The maximum atomic E-state index is 11.8. The minimum Gasteiger partial charge on any atom is -0.466 e. The number of esters is 1. The van der Waals surface area contributed by atoms with E-state index in [4.69, 9.17) is 0 Å². The van der Waals surface area contributed by atoms with Crippen molar-refractivity contribution < 1.29 is 14.3 Å². The van der Waals surface area contributed by atoms with Crippen LogP contribution in [0.25, 0.3) is 0 Å². The van der Waals surface area contributed by atoms with E-state index in [1.807, 2.05) is 0 Å². The number of fused-ring (bicyclic) bond motifs is 1. The van der Waals surface area contributed by atoms with Crippen LogP contribution < -0.4 is 0 Å². The molecule has 0 N–H and O–H groups in total. The minimum atomic E-state index is -0.378. The summed E-state index contributed by atoms with van der Waals surface area (Å²) in [4.78, 5) is 23.1. The van der Waals surface area contributed by atoms with E-state index in [1.165, 1.54) is 26.0 Å². The summed E-state index contributed by atoms with van der Waals surface area (Å²) in [5, 5.41) is 0. The lowest BCUT2D eigenvalue weighted by molar-refractivity contribution is -0.134. The van der Waals surface area contributed by atoms with Gasteiger partial charge >= 0.3 is 5.97 Å². The largest absolute Gasteiger partial charge is 0.466 e. The van der Waals surface area contributed by atoms with Crippen LogP contribution >= 0.6 is 0 Å². The number of carbonyl (C=O) groups is 2. The lowest BCUT2D eigenvalue weighted by Crippen LogP contribution is -2.49. The third kappa shape index (κ3) is 2.83. The van der Waals surface area contributed by atoms with E-state index in [0.29, 0.717) is 5.92 Å². The summed E-state index contributed by atoms with van der Waals surface area (Å²) in [6.45, 7) is 6.89. The van der Waals surface area contributed by atoms with Crippen LogP contribution in [0.2, 0.25) is 0 Å². The Morgan fingerprint density at radius 3 is 2.67 bits per heavy atom. The zero-order chi connectivity index (χ0) is 15.7. The zero-order valence-corrected chi connectivity index (χ0v) is 13.5. The molecule has 0 bridgehead atoms. The summed E-state index contributed by atoms with van der Waals surface area (Å²) in [7, 11) is 1.36. The molecule has 2 aliphatic carbocycles. The second kappa shape index (κ2) is 5.78. The average molecular weight is 290 g/mol. The molecule has 0 saturated heterocycles. The van der Waals surface area contributed by atoms with E-state index < -0.39 is 0 Å². The second-order valence-electron chi connectivity index (χ2n) is 7.31. The number of ether oxygens (including phenoxy) is 1. The first-order valence-corrected chi connectivity index (χ1v) is 7.76. The molecule has 0 aromatic carbocycles. The Balaban J connectivity index is 2.34. The van der Waals surface area contributed by atoms with Gasteiger partial charge in [-0.05, 0) is 41.6 Å². The molecule has 0 radical (unpaired) electrons. The van der Waals surface area contributed by atoms with Crippen molar-refractivity contribution >= 4 is 12.3 Å². The minimum absolute atomic E-state index is 0.00591. The number of carbonyl (C=O) groups excluding carboxylic acids is 2. The monoisotopic (exact) mass is 290 g/mol. The van der Waals surface area contributed by atoms with Gasteiger partial charge in [0.25, 0.3) is 0 Å². The van der Waals surface area contributed by atoms with Crippen molar-refractivity contribution in [1.29, 1.82) is 0 Å². The van der Waals surface area contributed by atoms with Gasteiger partial charge < -0.3 is 9.53 Å². The topological polar surface area (TPSA) is 43.4 Å². The van der Waals surface area contributed by atoms with Crippen LogP contribution in [0.1, 0.15) is 46.5 Å². The number of aldehydes is 1. The summed E-state index contributed by atoms with van der Waals surface area (Å²) in [6.07, 6.45) is 10.8. The van der Waals surface area contributed by atoms with E-state index >= 15 is 0 Å². The molecule has 2 rings (SSSR count). The second-order valence-corrected chi connectivity index (χ2v) is 7.31. The van der Waals surface area contributed by atoms with Gasteiger partial charge in [-0.15, -0.1) is 0 Å². The van der Waals surface area contributed by atoms with E-state index in [-0.39, 0.29) is 22.7 Å². The first-order valence-electron chi connectivity index (χ1n) is 7.76. The lowest BCUT2D eigenvalue weighted by atomic mass is 9.49. The van der Waals surface area contributed by atoms with Crippen LogP contribution in [0.5, 0.6) is 0 Å². The fourth-order valence-corrected chi connectivity index (χ4v) is 4.53. The molecule has 0 heterocycles. The Bertz CT molecular complexity index is 487. The first kappa shape index (κ1) is 16.0. The summed E-state index contributed by atoms with van der Waals surface area (Å²) >= 11 is 0. The third-order valence-electron chi connectivity index (χ3n) is 5.68. The summed E-state index contributed by atoms with van der Waals surface area (Å²) in [6, 6.07) is 0. The standard InChI is InChI=1S/C18H26O3/c1-17(2)10-5-11-18(3)14(12-19)13(6-8-15(17)18)7-9-16(20)21-4/h6-7,9,12,14-15H,5,8,10-11H2,1-4H3/b9-7+/t14-,15?,18-/m1/s1. The maximum absolute atomic E-state index is 11.8. The fourth-order valence-electron chi connectivity index (χ4n) is 4.53. The van der Waals surface area contributed by atoms with Crippen molar-refractivity contribution in [3.05, 3.63) is 23.8 Å². The third-order valence-corrected chi connectivity index (χ3v) is 5.68. The molecule has 0 aliphatic heterocycles. The maximum Gasteiger partial charge on any atom is 0.330 e. The van der Waals surface area contributed by atoms with Crippen molar-refractivity contribution in [2.45, 2.75) is 46.5 Å². The van der Waals surface area contributed by atoms with Crippen LogP contribution in [0, 0.1) is 22.7 Å². The molecule has 2 aliphatic rings. The number of allylic oxidation sites excluding steroid dienone is 3. The molecule has 1 fully saturated rings. The normalized spacial score (nSPS) is 35.0. The van der Waals surface area contributed by atoms with Crippen LogP contribution in [-0.4, -0.2) is 19.4 Å². The molecule has 0 amide bonds. The van der Waals surface area contributed by atoms with Gasteiger partial charge in [-0.2, -0.15) is 0 Å². The highest BCUT2D eigenvalue weighted by atomic mass is 16.5. The smallest absolute Gasteiger partial charge is 0.330 e. The van der Waals surface area contributed by atoms with E-state index in [2.05, 4.69) is 31.6 Å². The number of hydrogen-bond donors (Lipinski definition) is 0. The molecular weight excluding hydrogens is 264 g/mol.